The summed E-state index contributed by atoms with van der Waals surface area (Å²) in [5.41, 5.74) is 0. The smallest absolute Gasteiger partial charge is 0.330 e. The SMILES string of the molecule is CCCCCCCCCCCCCCCCSC(CCC(=O)OC(=O)[C@@H]1CCCN1)SC. The maximum Gasteiger partial charge on any atom is 0.330 e. The Balaban J connectivity index is 1.88. The number of hydrogen-bond donors (Lipinski definition) is 1. The van der Waals surface area contributed by atoms with Crippen LogP contribution in [0.1, 0.15) is 122 Å². The number of esters is 2. The maximum atomic E-state index is 12.0. The largest absolute Gasteiger partial charge is 0.392 e. The molecule has 6 heteroatoms. The zero-order valence-corrected chi connectivity index (χ0v) is 22.5. The van der Waals surface area contributed by atoms with E-state index in [1.54, 1.807) is 11.8 Å². The molecule has 1 unspecified atom stereocenters. The summed E-state index contributed by atoms with van der Waals surface area (Å²) in [6, 6.07) is -0.287. The summed E-state index contributed by atoms with van der Waals surface area (Å²) in [6.45, 7) is 3.11. The van der Waals surface area contributed by atoms with Gasteiger partial charge in [0.2, 0.25) is 0 Å². The van der Waals surface area contributed by atoms with E-state index in [-0.39, 0.29) is 12.0 Å². The van der Waals surface area contributed by atoms with E-state index in [1.807, 2.05) is 11.8 Å². The fraction of sp³-hybridized carbons (Fsp3) is 0.923. The molecule has 0 aliphatic carbocycles. The highest BCUT2D eigenvalue weighted by atomic mass is 32.2. The molecular formula is C26H49NO3S2. The number of rotatable bonds is 21. The van der Waals surface area contributed by atoms with Crippen LogP contribution in [-0.2, 0) is 14.3 Å². The number of hydrogen-bond acceptors (Lipinski definition) is 6. The lowest BCUT2D eigenvalue weighted by molar-refractivity contribution is -0.160. The topological polar surface area (TPSA) is 55.4 Å². The Bertz CT molecular complexity index is 470. The van der Waals surface area contributed by atoms with Crippen LogP contribution < -0.4 is 5.32 Å². The van der Waals surface area contributed by atoms with Gasteiger partial charge in [-0.2, -0.15) is 11.8 Å². The van der Waals surface area contributed by atoms with Crippen molar-refractivity contribution in [3.8, 4) is 0 Å². The molecule has 1 fully saturated rings. The van der Waals surface area contributed by atoms with Crippen molar-refractivity contribution in [3.63, 3.8) is 0 Å². The lowest BCUT2D eigenvalue weighted by Crippen LogP contribution is -2.33. The van der Waals surface area contributed by atoms with Crippen LogP contribution >= 0.6 is 23.5 Å². The molecule has 188 valence electrons. The number of nitrogens with one attached hydrogen (secondary N) is 1. The summed E-state index contributed by atoms with van der Waals surface area (Å²) in [6.07, 6.45) is 24.4. The van der Waals surface area contributed by atoms with Gasteiger partial charge in [0, 0.05) is 6.42 Å². The van der Waals surface area contributed by atoms with E-state index < -0.39 is 5.97 Å². The van der Waals surface area contributed by atoms with Crippen molar-refractivity contribution < 1.29 is 14.3 Å². The van der Waals surface area contributed by atoms with Gasteiger partial charge < -0.3 is 10.1 Å². The van der Waals surface area contributed by atoms with E-state index in [1.165, 1.54) is 89.9 Å². The molecule has 2 atom stereocenters. The minimum atomic E-state index is -0.400. The highest BCUT2D eigenvalue weighted by Crippen LogP contribution is 2.27. The Labute approximate surface area is 206 Å². The molecule has 0 amide bonds. The minimum absolute atomic E-state index is 0.287. The fourth-order valence-electron chi connectivity index (χ4n) is 4.14. The second-order valence-electron chi connectivity index (χ2n) is 9.11. The van der Waals surface area contributed by atoms with E-state index in [0.29, 0.717) is 11.0 Å². The number of carbonyl (C=O) groups is 2. The lowest BCUT2D eigenvalue weighted by atomic mass is 10.0. The van der Waals surface area contributed by atoms with E-state index in [4.69, 9.17) is 4.74 Å². The van der Waals surface area contributed by atoms with Gasteiger partial charge in [-0.1, -0.05) is 90.4 Å². The molecule has 1 aliphatic heterocycles. The fourth-order valence-corrected chi connectivity index (χ4v) is 6.24. The van der Waals surface area contributed by atoms with Crippen molar-refractivity contribution >= 4 is 35.5 Å². The zero-order chi connectivity index (χ0) is 23.3. The molecule has 1 aliphatic rings. The number of ether oxygens (including phenoxy) is 1. The number of carbonyl (C=O) groups excluding carboxylic acids is 2. The molecule has 1 rings (SSSR count). The Kier molecular flexibility index (Phi) is 19.9. The molecule has 0 bridgehead atoms. The molecule has 0 radical (unpaired) electrons. The molecule has 1 heterocycles. The van der Waals surface area contributed by atoms with Crippen molar-refractivity contribution in [1.29, 1.82) is 0 Å². The van der Waals surface area contributed by atoms with Crippen LogP contribution in [0.4, 0.5) is 0 Å². The molecular weight excluding hydrogens is 438 g/mol. The van der Waals surface area contributed by atoms with Gasteiger partial charge in [-0.3, -0.25) is 4.79 Å². The van der Waals surface area contributed by atoms with Crippen molar-refractivity contribution in [2.45, 2.75) is 133 Å². The normalized spacial score (nSPS) is 16.9. The van der Waals surface area contributed by atoms with Gasteiger partial charge >= 0.3 is 11.9 Å². The van der Waals surface area contributed by atoms with E-state index in [2.05, 4.69) is 18.5 Å². The van der Waals surface area contributed by atoms with Crippen LogP contribution in [0.3, 0.4) is 0 Å². The molecule has 0 spiro atoms. The highest BCUT2D eigenvalue weighted by Gasteiger charge is 2.25. The first-order chi connectivity index (χ1) is 15.7. The van der Waals surface area contributed by atoms with Crippen LogP contribution in [0.25, 0.3) is 0 Å². The third kappa shape index (κ3) is 16.4. The van der Waals surface area contributed by atoms with Crippen LogP contribution in [0.15, 0.2) is 0 Å². The summed E-state index contributed by atoms with van der Waals surface area (Å²) in [4.78, 5) is 23.8. The van der Waals surface area contributed by atoms with E-state index in [9.17, 15) is 9.59 Å². The lowest BCUT2D eigenvalue weighted by Gasteiger charge is -2.14. The monoisotopic (exact) mass is 487 g/mol. The van der Waals surface area contributed by atoms with Crippen LogP contribution in [-0.4, -0.2) is 41.1 Å². The zero-order valence-electron chi connectivity index (χ0n) is 20.8. The van der Waals surface area contributed by atoms with E-state index in [0.717, 1.165) is 31.6 Å². The van der Waals surface area contributed by atoms with Crippen molar-refractivity contribution in [2.75, 3.05) is 18.6 Å². The van der Waals surface area contributed by atoms with Crippen LogP contribution in [0.5, 0.6) is 0 Å². The van der Waals surface area contributed by atoms with Crippen LogP contribution in [0, 0.1) is 0 Å². The number of unbranched alkanes of at least 4 members (excludes halogenated alkanes) is 13. The van der Waals surface area contributed by atoms with Gasteiger partial charge in [-0.05, 0) is 44.2 Å². The molecule has 0 saturated carbocycles. The first kappa shape index (κ1) is 29.8. The summed E-state index contributed by atoms with van der Waals surface area (Å²) in [5, 5.41) is 3.07. The van der Waals surface area contributed by atoms with Gasteiger partial charge in [0.25, 0.3) is 0 Å². The van der Waals surface area contributed by atoms with Crippen molar-refractivity contribution in [3.05, 3.63) is 0 Å². The predicted octanol–water partition coefficient (Wildman–Crippen LogP) is 7.49. The molecule has 0 aromatic carbocycles. The van der Waals surface area contributed by atoms with Gasteiger partial charge in [0.05, 0.1) is 4.58 Å². The molecule has 0 aromatic heterocycles. The highest BCUT2D eigenvalue weighted by molar-refractivity contribution is 8.16. The molecule has 0 aromatic rings. The third-order valence-corrected chi connectivity index (χ3v) is 9.09. The average molecular weight is 488 g/mol. The molecule has 32 heavy (non-hydrogen) atoms. The van der Waals surface area contributed by atoms with Gasteiger partial charge in [-0.15, -0.1) is 11.8 Å². The van der Waals surface area contributed by atoms with Gasteiger partial charge in [0.1, 0.15) is 6.04 Å². The Morgan fingerprint density at radius 1 is 0.906 bits per heavy atom. The van der Waals surface area contributed by atoms with Crippen molar-refractivity contribution in [1.82, 2.24) is 5.32 Å². The van der Waals surface area contributed by atoms with E-state index >= 15 is 0 Å². The summed E-state index contributed by atoms with van der Waals surface area (Å²) < 4.78 is 5.41. The Morgan fingerprint density at radius 3 is 1.97 bits per heavy atom. The summed E-state index contributed by atoms with van der Waals surface area (Å²) in [5.74, 6) is 0.381. The second-order valence-corrected chi connectivity index (χ2v) is 11.8. The first-order valence-electron chi connectivity index (χ1n) is 13.3. The van der Waals surface area contributed by atoms with Crippen LogP contribution in [0.2, 0.25) is 0 Å². The summed E-state index contributed by atoms with van der Waals surface area (Å²) >= 11 is 3.75. The Hall–Kier alpha value is -0.200. The maximum absolute atomic E-state index is 12.0. The first-order valence-corrected chi connectivity index (χ1v) is 15.6. The second kappa shape index (κ2) is 21.3. The van der Waals surface area contributed by atoms with Gasteiger partial charge in [-0.25, -0.2) is 4.79 Å². The predicted molar refractivity (Wildman–Crippen MR) is 141 cm³/mol. The standard InChI is InChI=1S/C26H49NO3S2/c1-3-4-5-6-7-8-9-10-11-12-13-14-15-16-22-32-25(31-2)20-19-24(28)30-26(29)23-18-17-21-27-23/h23,25,27H,3-22H2,1-2H3/t23-,25?/m0/s1. The average Bonchev–Trinajstić information content (AvgIpc) is 3.33. The molecule has 1 N–H and O–H groups in total. The molecule has 1 saturated heterocycles. The minimum Gasteiger partial charge on any atom is -0.392 e. The third-order valence-electron chi connectivity index (χ3n) is 6.21. The van der Waals surface area contributed by atoms with Crippen molar-refractivity contribution in [2.24, 2.45) is 0 Å². The summed E-state index contributed by atoms with van der Waals surface area (Å²) in [7, 11) is 0. The quantitative estimate of drug-likeness (QED) is 0.0783. The number of thioether (sulfide) groups is 2. The van der Waals surface area contributed by atoms with Gasteiger partial charge in [0.15, 0.2) is 0 Å². The Morgan fingerprint density at radius 2 is 1.47 bits per heavy atom. The molecule has 4 nitrogen and oxygen atoms in total.